The number of fused-ring (bicyclic) bond motifs is 3. The number of aliphatic hydroxyl groups is 2. The van der Waals surface area contributed by atoms with Gasteiger partial charge in [-0.15, -0.1) is 0 Å². The third-order valence-corrected chi connectivity index (χ3v) is 6.14. The van der Waals surface area contributed by atoms with Crippen LogP contribution in [0, 0.1) is 29.1 Å². The molecule has 1 saturated heterocycles. The second kappa shape index (κ2) is 4.57. The molecule has 112 valence electrons. The van der Waals surface area contributed by atoms with Crippen LogP contribution >= 0.6 is 0 Å². The minimum atomic E-state index is -1.77. The van der Waals surface area contributed by atoms with E-state index < -0.39 is 23.6 Å². The van der Waals surface area contributed by atoms with Gasteiger partial charge >= 0.3 is 5.97 Å². The Morgan fingerprint density at radius 1 is 1.40 bits per heavy atom. The van der Waals surface area contributed by atoms with Crippen LogP contribution in [0.25, 0.3) is 0 Å². The quantitative estimate of drug-likeness (QED) is 0.564. The number of rotatable bonds is 1. The summed E-state index contributed by atoms with van der Waals surface area (Å²) in [5.74, 6) is 0.639. The standard InChI is InChI=1S/C16H24O4/c1-10-3-6-13-11(7-10)4-5-12-8-20-14(18)16(19,9-17)15(12,13)2/h4-5,10-13,17,19H,3,6-9H2,1-2H3/t10-,11-,12+,13-,15-,16+/m1/s1. The average molecular weight is 280 g/mol. The highest BCUT2D eigenvalue weighted by molar-refractivity contribution is 5.82. The maximum Gasteiger partial charge on any atom is 0.341 e. The Balaban J connectivity index is 2.05. The maximum atomic E-state index is 12.1. The third-order valence-electron chi connectivity index (χ3n) is 6.14. The van der Waals surface area contributed by atoms with E-state index in [1.807, 2.05) is 6.92 Å². The summed E-state index contributed by atoms with van der Waals surface area (Å²) >= 11 is 0. The Kier molecular flexibility index (Phi) is 3.22. The van der Waals surface area contributed by atoms with Crippen LogP contribution in [0.2, 0.25) is 0 Å². The lowest BCUT2D eigenvalue weighted by molar-refractivity contribution is -0.231. The highest BCUT2D eigenvalue weighted by atomic mass is 16.6. The van der Waals surface area contributed by atoms with E-state index in [-0.39, 0.29) is 11.8 Å². The average Bonchev–Trinajstić information content (AvgIpc) is 2.43. The lowest BCUT2D eigenvalue weighted by atomic mass is 9.49. The zero-order chi connectivity index (χ0) is 14.5. The SMILES string of the molecule is C[C@@H]1CC[C@@H]2[C@H](C=C[C@H]3COC(=O)[C@@](O)(CO)[C@@]23C)C1. The molecule has 0 bridgehead atoms. The minimum absolute atomic E-state index is 0.00740. The molecule has 1 heterocycles. The lowest BCUT2D eigenvalue weighted by Crippen LogP contribution is -2.68. The molecule has 2 fully saturated rings. The number of esters is 1. The molecule has 0 aromatic heterocycles. The number of hydrogen-bond acceptors (Lipinski definition) is 4. The molecule has 0 radical (unpaired) electrons. The Morgan fingerprint density at radius 3 is 2.85 bits per heavy atom. The minimum Gasteiger partial charge on any atom is -0.463 e. The van der Waals surface area contributed by atoms with Crippen molar-refractivity contribution in [1.82, 2.24) is 0 Å². The van der Waals surface area contributed by atoms with Crippen molar-refractivity contribution in [2.24, 2.45) is 29.1 Å². The lowest BCUT2D eigenvalue weighted by Gasteiger charge is -2.58. The van der Waals surface area contributed by atoms with E-state index in [0.29, 0.717) is 18.4 Å². The van der Waals surface area contributed by atoms with E-state index in [1.54, 1.807) is 0 Å². The van der Waals surface area contributed by atoms with E-state index in [1.165, 1.54) is 0 Å². The van der Waals surface area contributed by atoms with Gasteiger partial charge in [-0.1, -0.05) is 32.4 Å². The number of carbonyl (C=O) groups is 1. The van der Waals surface area contributed by atoms with Crippen molar-refractivity contribution in [2.75, 3.05) is 13.2 Å². The highest BCUT2D eigenvalue weighted by Crippen LogP contribution is 2.58. The Labute approximate surface area is 119 Å². The van der Waals surface area contributed by atoms with Crippen LogP contribution < -0.4 is 0 Å². The molecular formula is C16H24O4. The molecule has 3 aliphatic rings. The van der Waals surface area contributed by atoms with Gasteiger partial charge in [-0.05, 0) is 30.6 Å². The number of allylic oxidation sites excluding steroid dienone is 1. The molecule has 20 heavy (non-hydrogen) atoms. The zero-order valence-corrected chi connectivity index (χ0v) is 12.2. The molecule has 0 spiro atoms. The van der Waals surface area contributed by atoms with Crippen LogP contribution in [0.15, 0.2) is 12.2 Å². The summed E-state index contributed by atoms with van der Waals surface area (Å²) in [5, 5.41) is 20.5. The fraction of sp³-hybridized carbons (Fsp3) is 0.812. The van der Waals surface area contributed by atoms with Gasteiger partial charge in [0.15, 0.2) is 5.60 Å². The van der Waals surface area contributed by atoms with Gasteiger partial charge < -0.3 is 14.9 Å². The third kappa shape index (κ3) is 1.64. The highest BCUT2D eigenvalue weighted by Gasteiger charge is 2.65. The van der Waals surface area contributed by atoms with Gasteiger partial charge in [-0.25, -0.2) is 4.79 Å². The van der Waals surface area contributed by atoms with E-state index in [0.717, 1.165) is 19.3 Å². The van der Waals surface area contributed by atoms with Gasteiger partial charge in [0.1, 0.15) is 0 Å². The first-order chi connectivity index (χ1) is 9.43. The van der Waals surface area contributed by atoms with Crippen molar-refractivity contribution in [2.45, 2.75) is 38.7 Å². The van der Waals surface area contributed by atoms with Crippen molar-refractivity contribution in [3.63, 3.8) is 0 Å². The zero-order valence-electron chi connectivity index (χ0n) is 12.2. The largest absolute Gasteiger partial charge is 0.463 e. The predicted octanol–water partition coefficient (Wildman–Crippen LogP) is 1.51. The summed E-state index contributed by atoms with van der Waals surface area (Å²) in [4.78, 5) is 12.1. The molecule has 2 aliphatic carbocycles. The topological polar surface area (TPSA) is 66.8 Å². The summed E-state index contributed by atoms with van der Waals surface area (Å²) in [5.41, 5.74) is -2.40. The van der Waals surface area contributed by atoms with Crippen molar-refractivity contribution >= 4 is 5.97 Å². The molecular weight excluding hydrogens is 256 g/mol. The summed E-state index contributed by atoms with van der Waals surface area (Å²) < 4.78 is 5.12. The summed E-state index contributed by atoms with van der Waals surface area (Å²) in [7, 11) is 0. The van der Waals surface area contributed by atoms with Crippen LogP contribution in [0.1, 0.15) is 33.1 Å². The summed E-state index contributed by atoms with van der Waals surface area (Å²) in [6.07, 6.45) is 7.54. The molecule has 0 unspecified atom stereocenters. The Bertz CT molecular complexity index is 446. The van der Waals surface area contributed by atoms with Crippen molar-refractivity contribution in [3.05, 3.63) is 12.2 Å². The molecule has 4 nitrogen and oxygen atoms in total. The first-order valence-corrected chi connectivity index (χ1v) is 7.62. The Hall–Kier alpha value is -0.870. The van der Waals surface area contributed by atoms with E-state index in [4.69, 9.17) is 4.74 Å². The predicted molar refractivity (Wildman–Crippen MR) is 73.7 cm³/mol. The molecule has 0 aromatic rings. The molecule has 0 amide bonds. The van der Waals surface area contributed by atoms with Gasteiger partial charge in [0.25, 0.3) is 0 Å². The van der Waals surface area contributed by atoms with Crippen molar-refractivity contribution < 1.29 is 19.7 Å². The van der Waals surface area contributed by atoms with Crippen LogP contribution in [0.3, 0.4) is 0 Å². The van der Waals surface area contributed by atoms with Crippen LogP contribution in [-0.4, -0.2) is 35.0 Å². The van der Waals surface area contributed by atoms with E-state index in [9.17, 15) is 15.0 Å². The normalized spacial score (nSPS) is 51.1. The van der Waals surface area contributed by atoms with Crippen LogP contribution in [-0.2, 0) is 9.53 Å². The number of cyclic esters (lactones) is 1. The summed E-state index contributed by atoms with van der Waals surface area (Å²) in [6.45, 7) is 3.97. The van der Waals surface area contributed by atoms with Crippen molar-refractivity contribution in [1.29, 1.82) is 0 Å². The first kappa shape index (κ1) is 14.1. The molecule has 6 atom stereocenters. The number of ether oxygens (including phenoxy) is 1. The van der Waals surface area contributed by atoms with E-state index >= 15 is 0 Å². The van der Waals surface area contributed by atoms with Crippen LogP contribution in [0.4, 0.5) is 0 Å². The fourth-order valence-electron chi connectivity index (χ4n) is 4.72. The maximum absolute atomic E-state index is 12.1. The summed E-state index contributed by atoms with van der Waals surface area (Å²) in [6, 6.07) is 0. The Morgan fingerprint density at radius 2 is 2.15 bits per heavy atom. The molecule has 1 saturated carbocycles. The monoisotopic (exact) mass is 280 g/mol. The van der Waals surface area contributed by atoms with Crippen LogP contribution in [0.5, 0.6) is 0 Å². The van der Waals surface area contributed by atoms with Gasteiger partial charge in [-0.3, -0.25) is 0 Å². The van der Waals surface area contributed by atoms with Gasteiger partial charge in [0.2, 0.25) is 0 Å². The van der Waals surface area contributed by atoms with E-state index in [2.05, 4.69) is 19.1 Å². The molecule has 4 heteroatoms. The first-order valence-electron chi connectivity index (χ1n) is 7.62. The number of hydrogen-bond donors (Lipinski definition) is 2. The van der Waals surface area contributed by atoms with Gasteiger partial charge in [-0.2, -0.15) is 0 Å². The molecule has 0 aromatic carbocycles. The molecule has 1 aliphatic heterocycles. The molecule has 3 rings (SSSR count). The smallest absolute Gasteiger partial charge is 0.341 e. The second-order valence-corrected chi connectivity index (χ2v) is 7.08. The van der Waals surface area contributed by atoms with Gasteiger partial charge in [0, 0.05) is 11.3 Å². The van der Waals surface area contributed by atoms with Gasteiger partial charge in [0.05, 0.1) is 13.2 Å². The number of aliphatic hydroxyl groups excluding tert-OH is 1. The number of carbonyl (C=O) groups excluding carboxylic acids is 1. The fourth-order valence-corrected chi connectivity index (χ4v) is 4.72. The second-order valence-electron chi connectivity index (χ2n) is 7.08. The van der Waals surface area contributed by atoms with Crippen molar-refractivity contribution in [3.8, 4) is 0 Å². The molecule has 2 N–H and O–H groups in total.